The summed E-state index contributed by atoms with van der Waals surface area (Å²) in [7, 11) is 3.18. The van der Waals surface area contributed by atoms with Gasteiger partial charge in [-0.3, -0.25) is 20.4 Å². The predicted octanol–water partition coefficient (Wildman–Crippen LogP) is 1.72. The topological polar surface area (TPSA) is 85.9 Å². The van der Waals surface area contributed by atoms with Gasteiger partial charge in [0, 0.05) is 12.7 Å². The molecule has 0 heterocycles. The molecular formula is C19H22N2O5. The first-order valence-corrected chi connectivity index (χ1v) is 8.06. The number of ether oxygens (including phenoxy) is 3. The predicted molar refractivity (Wildman–Crippen MR) is 96.1 cm³/mol. The van der Waals surface area contributed by atoms with Crippen LogP contribution in [0.5, 0.6) is 11.5 Å². The van der Waals surface area contributed by atoms with Gasteiger partial charge in [0.1, 0.15) is 18.1 Å². The highest BCUT2D eigenvalue weighted by molar-refractivity contribution is 5.95. The number of nitrogens with one attached hydrogen (secondary N) is 2. The van der Waals surface area contributed by atoms with Crippen LogP contribution in [-0.4, -0.2) is 39.2 Å². The van der Waals surface area contributed by atoms with E-state index in [1.807, 2.05) is 0 Å². The minimum atomic E-state index is -0.406. The molecule has 2 aromatic rings. The molecule has 0 spiro atoms. The highest BCUT2D eigenvalue weighted by atomic mass is 16.5. The van der Waals surface area contributed by atoms with Crippen molar-refractivity contribution < 1.29 is 23.8 Å². The number of methoxy groups -OCH3 is 2. The standard InChI is InChI=1S/C19H22N2O5/c1-24-11-12-26-17-9-5-15(6-10-17)19(23)21-20-18(22)13-14-3-7-16(25-2)8-4-14/h3-10H,11-13H2,1-2H3,(H,20,22)(H,21,23). The summed E-state index contributed by atoms with van der Waals surface area (Å²) >= 11 is 0. The third-order valence-corrected chi connectivity index (χ3v) is 3.51. The molecule has 0 atom stereocenters. The van der Waals surface area contributed by atoms with Gasteiger partial charge < -0.3 is 14.2 Å². The second-order valence-electron chi connectivity index (χ2n) is 5.39. The molecule has 0 saturated carbocycles. The highest BCUT2D eigenvalue weighted by Gasteiger charge is 2.08. The first kappa shape index (κ1) is 19.3. The second-order valence-corrected chi connectivity index (χ2v) is 5.39. The molecule has 0 aliphatic carbocycles. The maximum atomic E-state index is 12.1. The van der Waals surface area contributed by atoms with E-state index in [9.17, 15) is 9.59 Å². The molecule has 0 fully saturated rings. The number of hydrogen-bond donors (Lipinski definition) is 2. The Morgan fingerprint density at radius 2 is 1.50 bits per heavy atom. The Hall–Kier alpha value is -3.06. The number of hydrazine groups is 1. The summed E-state index contributed by atoms with van der Waals surface area (Å²) in [6.45, 7) is 0.923. The quantitative estimate of drug-likeness (QED) is 0.554. The molecule has 0 radical (unpaired) electrons. The summed E-state index contributed by atoms with van der Waals surface area (Å²) in [5.41, 5.74) is 6.01. The van der Waals surface area contributed by atoms with Crippen molar-refractivity contribution in [1.29, 1.82) is 0 Å². The van der Waals surface area contributed by atoms with E-state index in [4.69, 9.17) is 14.2 Å². The van der Waals surface area contributed by atoms with Crippen LogP contribution in [0, 0.1) is 0 Å². The fourth-order valence-corrected chi connectivity index (χ4v) is 2.12. The van der Waals surface area contributed by atoms with E-state index < -0.39 is 5.91 Å². The highest BCUT2D eigenvalue weighted by Crippen LogP contribution is 2.12. The normalized spacial score (nSPS) is 10.1. The minimum absolute atomic E-state index is 0.149. The fourth-order valence-electron chi connectivity index (χ4n) is 2.12. The zero-order valence-electron chi connectivity index (χ0n) is 14.8. The molecular weight excluding hydrogens is 336 g/mol. The van der Waals surface area contributed by atoms with Crippen molar-refractivity contribution in [2.75, 3.05) is 27.4 Å². The molecule has 0 saturated heterocycles. The van der Waals surface area contributed by atoms with Crippen molar-refractivity contribution in [3.63, 3.8) is 0 Å². The van der Waals surface area contributed by atoms with E-state index in [2.05, 4.69) is 10.9 Å². The van der Waals surface area contributed by atoms with Crippen LogP contribution in [0.4, 0.5) is 0 Å². The third kappa shape index (κ3) is 6.10. The van der Waals surface area contributed by atoms with Crippen LogP contribution in [0.3, 0.4) is 0 Å². The molecule has 26 heavy (non-hydrogen) atoms. The van der Waals surface area contributed by atoms with Crippen molar-refractivity contribution in [3.05, 3.63) is 59.7 Å². The summed E-state index contributed by atoms with van der Waals surface area (Å²) < 4.78 is 15.4. The van der Waals surface area contributed by atoms with Gasteiger partial charge in [-0.25, -0.2) is 0 Å². The Labute approximate surface area is 152 Å². The van der Waals surface area contributed by atoms with E-state index >= 15 is 0 Å². The van der Waals surface area contributed by atoms with Crippen LogP contribution < -0.4 is 20.3 Å². The van der Waals surface area contributed by atoms with Gasteiger partial charge in [0.25, 0.3) is 5.91 Å². The number of rotatable bonds is 8. The zero-order valence-corrected chi connectivity index (χ0v) is 14.8. The van der Waals surface area contributed by atoms with Crippen LogP contribution in [0.15, 0.2) is 48.5 Å². The van der Waals surface area contributed by atoms with Gasteiger partial charge in [0.2, 0.25) is 5.91 Å². The molecule has 0 aromatic heterocycles. The molecule has 7 nitrogen and oxygen atoms in total. The van der Waals surface area contributed by atoms with E-state index in [0.29, 0.717) is 24.5 Å². The fraction of sp³-hybridized carbons (Fsp3) is 0.263. The van der Waals surface area contributed by atoms with Crippen molar-refractivity contribution in [3.8, 4) is 11.5 Å². The van der Waals surface area contributed by atoms with Crippen molar-refractivity contribution in [2.24, 2.45) is 0 Å². The van der Waals surface area contributed by atoms with Gasteiger partial charge in [-0.15, -0.1) is 0 Å². The number of carbonyl (C=O) groups excluding carboxylic acids is 2. The van der Waals surface area contributed by atoms with Gasteiger partial charge >= 0.3 is 0 Å². The van der Waals surface area contributed by atoms with Gasteiger partial charge in [-0.1, -0.05) is 12.1 Å². The Balaban J connectivity index is 1.78. The molecule has 0 bridgehead atoms. The lowest BCUT2D eigenvalue weighted by Crippen LogP contribution is -2.42. The van der Waals surface area contributed by atoms with Gasteiger partial charge in [0.15, 0.2) is 0 Å². The molecule has 2 rings (SSSR count). The Bertz CT molecular complexity index is 714. The summed E-state index contributed by atoms with van der Waals surface area (Å²) in [5.74, 6) is 0.638. The number of hydrogen-bond acceptors (Lipinski definition) is 5. The summed E-state index contributed by atoms with van der Waals surface area (Å²) in [6, 6.07) is 13.7. The lowest BCUT2D eigenvalue weighted by molar-refractivity contribution is -0.121. The maximum absolute atomic E-state index is 12.1. The first-order chi connectivity index (χ1) is 12.6. The van der Waals surface area contributed by atoms with E-state index in [-0.39, 0.29) is 12.3 Å². The summed E-state index contributed by atoms with van der Waals surface area (Å²) in [5, 5.41) is 0. The number of amides is 2. The van der Waals surface area contributed by atoms with Crippen LogP contribution in [0.1, 0.15) is 15.9 Å². The Kier molecular flexibility index (Phi) is 7.45. The van der Waals surface area contributed by atoms with E-state index in [1.165, 1.54) is 0 Å². The largest absolute Gasteiger partial charge is 0.497 e. The average molecular weight is 358 g/mol. The summed E-state index contributed by atoms with van der Waals surface area (Å²) in [4.78, 5) is 24.0. The molecule has 0 aliphatic heterocycles. The molecule has 2 aromatic carbocycles. The Morgan fingerprint density at radius 1 is 0.846 bits per heavy atom. The number of benzene rings is 2. The van der Waals surface area contributed by atoms with Gasteiger partial charge in [-0.05, 0) is 42.0 Å². The molecule has 138 valence electrons. The van der Waals surface area contributed by atoms with Crippen LogP contribution in [0.25, 0.3) is 0 Å². The van der Waals surface area contributed by atoms with Crippen molar-refractivity contribution in [2.45, 2.75) is 6.42 Å². The van der Waals surface area contributed by atoms with Crippen molar-refractivity contribution >= 4 is 11.8 Å². The van der Waals surface area contributed by atoms with Crippen molar-refractivity contribution in [1.82, 2.24) is 10.9 Å². The maximum Gasteiger partial charge on any atom is 0.269 e. The van der Waals surface area contributed by atoms with Gasteiger partial charge in [-0.2, -0.15) is 0 Å². The first-order valence-electron chi connectivity index (χ1n) is 8.06. The molecule has 2 amide bonds. The summed E-state index contributed by atoms with van der Waals surface area (Å²) in [6.07, 6.45) is 0.149. The van der Waals surface area contributed by atoms with Crippen LogP contribution in [0.2, 0.25) is 0 Å². The zero-order chi connectivity index (χ0) is 18.8. The SMILES string of the molecule is COCCOc1ccc(C(=O)NNC(=O)Cc2ccc(OC)cc2)cc1. The molecule has 0 aliphatic rings. The minimum Gasteiger partial charge on any atom is -0.497 e. The second kappa shape index (κ2) is 10.0. The smallest absolute Gasteiger partial charge is 0.269 e. The number of carbonyl (C=O) groups is 2. The molecule has 2 N–H and O–H groups in total. The van der Waals surface area contributed by atoms with Gasteiger partial charge in [0.05, 0.1) is 20.1 Å². The monoisotopic (exact) mass is 358 g/mol. The third-order valence-electron chi connectivity index (χ3n) is 3.51. The lowest BCUT2D eigenvalue weighted by Gasteiger charge is -2.09. The van der Waals surface area contributed by atoms with E-state index in [1.54, 1.807) is 62.8 Å². The van der Waals surface area contributed by atoms with Crippen LogP contribution >= 0.6 is 0 Å². The average Bonchev–Trinajstić information content (AvgIpc) is 2.67. The molecule has 0 unspecified atom stereocenters. The Morgan fingerprint density at radius 3 is 2.12 bits per heavy atom. The lowest BCUT2D eigenvalue weighted by atomic mass is 10.1. The van der Waals surface area contributed by atoms with E-state index in [0.717, 1.165) is 11.3 Å². The molecule has 7 heteroatoms. The van der Waals surface area contributed by atoms with Crippen LogP contribution in [-0.2, 0) is 16.0 Å².